The number of hydrogen-bond donors (Lipinski definition) is 2. The van der Waals surface area contributed by atoms with Crippen molar-refractivity contribution in [2.45, 2.75) is 77.5 Å². The Morgan fingerprint density at radius 2 is 1.90 bits per heavy atom. The monoisotopic (exact) mass is 552 g/mol. The second kappa shape index (κ2) is 13.4. The van der Waals surface area contributed by atoms with Crippen molar-refractivity contribution in [3.05, 3.63) is 59.7 Å². The number of hydrogen-bond acceptors (Lipinski definition) is 6. The van der Waals surface area contributed by atoms with Gasteiger partial charge in [-0.15, -0.1) is 0 Å². The molecule has 4 atom stereocenters. The fourth-order valence-electron chi connectivity index (χ4n) is 5.40. The van der Waals surface area contributed by atoms with E-state index in [0.717, 1.165) is 24.0 Å². The molecular formula is C32H44N2O6. The van der Waals surface area contributed by atoms with E-state index in [1.807, 2.05) is 55.5 Å². The first kappa shape index (κ1) is 29.7. The third-order valence-electron chi connectivity index (χ3n) is 8.41. The van der Waals surface area contributed by atoms with E-state index in [1.165, 1.54) is 12.8 Å². The lowest BCUT2D eigenvalue weighted by molar-refractivity contribution is -0.133. The van der Waals surface area contributed by atoms with Crippen molar-refractivity contribution in [2.24, 2.45) is 11.3 Å². The van der Waals surface area contributed by atoms with Crippen molar-refractivity contribution < 1.29 is 28.9 Å². The number of aliphatic hydroxyl groups excluding tert-OH is 1. The minimum absolute atomic E-state index is 0.123. The van der Waals surface area contributed by atoms with Gasteiger partial charge in [-0.05, 0) is 55.4 Å². The maximum Gasteiger partial charge on any atom is 0.408 e. The largest absolute Gasteiger partial charge is 0.493 e. The molecule has 0 spiro atoms. The first-order valence-corrected chi connectivity index (χ1v) is 14.5. The van der Waals surface area contributed by atoms with Crippen LogP contribution in [0.3, 0.4) is 0 Å². The minimum atomic E-state index is -0.700. The quantitative estimate of drug-likeness (QED) is 0.351. The van der Waals surface area contributed by atoms with Gasteiger partial charge in [-0.25, -0.2) is 4.79 Å². The Morgan fingerprint density at radius 1 is 1.15 bits per heavy atom. The van der Waals surface area contributed by atoms with Crippen LogP contribution in [0.15, 0.2) is 48.5 Å². The van der Waals surface area contributed by atoms with Crippen LogP contribution < -0.4 is 14.8 Å². The number of alkyl carbamates (subject to hydrolysis) is 1. The van der Waals surface area contributed by atoms with E-state index in [4.69, 9.17) is 14.2 Å². The molecule has 2 aromatic rings. The average Bonchev–Trinajstić information content (AvgIpc) is 3.72. The smallest absolute Gasteiger partial charge is 0.408 e. The number of ether oxygens (including phenoxy) is 3. The molecule has 2 fully saturated rings. The van der Waals surface area contributed by atoms with Crippen molar-refractivity contribution >= 4 is 12.0 Å². The lowest BCUT2D eigenvalue weighted by Gasteiger charge is -2.34. The van der Waals surface area contributed by atoms with Gasteiger partial charge in [-0.3, -0.25) is 4.79 Å². The third kappa shape index (κ3) is 7.27. The van der Waals surface area contributed by atoms with E-state index in [1.54, 1.807) is 18.9 Å². The highest BCUT2D eigenvalue weighted by atomic mass is 16.5. The molecule has 1 heterocycles. The van der Waals surface area contributed by atoms with Crippen LogP contribution >= 0.6 is 0 Å². The fourth-order valence-corrected chi connectivity index (χ4v) is 5.40. The van der Waals surface area contributed by atoms with Gasteiger partial charge < -0.3 is 29.5 Å². The lowest BCUT2D eigenvalue weighted by atomic mass is 9.72. The number of nitrogens with one attached hydrogen (secondary N) is 1. The summed E-state index contributed by atoms with van der Waals surface area (Å²) in [6.07, 6.45) is 3.31. The summed E-state index contributed by atoms with van der Waals surface area (Å²) in [4.78, 5) is 28.3. The van der Waals surface area contributed by atoms with Crippen molar-refractivity contribution in [1.82, 2.24) is 10.2 Å². The van der Waals surface area contributed by atoms with Gasteiger partial charge in [0.1, 0.15) is 12.6 Å². The van der Waals surface area contributed by atoms with Crippen LogP contribution in [0.2, 0.25) is 0 Å². The summed E-state index contributed by atoms with van der Waals surface area (Å²) >= 11 is 0. The second-order valence-electron chi connectivity index (χ2n) is 11.5. The maximum atomic E-state index is 13.8. The maximum absolute atomic E-state index is 13.8. The number of rotatable bonds is 13. The van der Waals surface area contributed by atoms with Crippen LogP contribution in [0.25, 0.3) is 0 Å². The number of likely N-dealkylation sites (tertiary alicyclic amines) is 1. The van der Waals surface area contributed by atoms with Crippen molar-refractivity contribution in [3.8, 4) is 11.5 Å². The Hall–Kier alpha value is -3.26. The first-order chi connectivity index (χ1) is 19.2. The molecule has 4 rings (SSSR count). The Morgan fingerprint density at radius 3 is 2.55 bits per heavy atom. The number of carbonyl (C=O) groups is 2. The number of nitrogens with zero attached hydrogens (tertiary/aromatic N) is 1. The molecule has 218 valence electrons. The van der Waals surface area contributed by atoms with Crippen LogP contribution in [0.4, 0.5) is 4.79 Å². The molecule has 1 saturated carbocycles. The molecule has 0 radical (unpaired) electrons. The van der Waals surface area contributed by atoms with E-state index in [0.29, 0.717) is 43.5 Å². The van der Waals surface area contributed by atoms with E-state index < -0.39 is 23.7 Å². The molecule has 2 aromatic carbocycles. The molecule has 40 heavy (non-hydrogen) atoms. The zero-order valence-electron chi connectivity index (χ0n) is 24.2. The molecule has 2 amide bonds. The summed E-state index contributed by atoms with van der Waals surface area (Å²) in [6, 6.07) is 14.6. The molecule has 8 nitrogen and oxygen atoms in total. The molecule has 2 aliphatic rings. The van der Waals surface area contributed by atoms with Gasteiger partial charge in [0.05, 0.1) is 19.8 Å². The normalized spacial score (nSPS) is 21.9. The van der Waals surface area contributed by atoms with Gasteiger partial charge in [0.25, 0.3) is 0 Å². The van der Waals surface area contributed by atoms with Gasteiger partial charge in [-0.2, -0.15) is 0 Å². The Bertz CT molecular complexity index is 1140. The van der Waals surface area contributed by atoms with Gasteiger partial charge >= 0.3 is 6.09 Å². The number of methoxy groups -OCH3 is 1. The highest BCUT2D eigenvalue weighted by Crippen LogP contribution is 2.47. The molecule has 0 bridgehead atoms. The molecule has 1 saturated heterocycles. The van der Waals surface area contributed by atoms with Crippen molar-refractivity contribution in [1.29, 1.82) is 0 Å². The third-order valence-corrected chi connectivity index (χ3v) is 8.41. The van der Waals surface area contributed by atoms with Crippen LogP contribution in [-0.2, 0) is 16.1 Å². The number of aliphatic hydroxyl groups is 1. The molecule has 8 heteroatoms. The highest BCUT2D eigenvalue weighted by molar-refractivity contribution is 5.86. The predicted octanol–water partition coefficient (Wildman–Crippen LogP) is 5.28. The standard InChI is InChI=1S/C32H44N2O6/c1-5-6-12-27(33-31(37)40-20-23-10-8-7-9-11-23)30(36)34-18-26(32(3,21-34)22(2)35)25-15-16-28(38-4)29(17-25)39-19-24-13-14-24/h7-11,15-17,22,24,26-27,35H,5-6,12-14,18-21H2,1-4H3,(H,33,37). The molecule has 2 N–H and O–H groups in total. The minimum Gasteiger partial charge on any atom is -0.493 e. The summed E-state index contributed by atoms with van der Waals surface area (Å²) in [5.74, 6) is 1.68. The average molecular weight is 553 g/mol. The molecular weight excluding hydrogens is 508 g/mol. The summed E-state index contributed by atoms with van der Waals surface area (Å²) < 4.78 is 17.1. The molecule has 1 aliphatic carbocycles. The first-order valence-electron chi connectivity index (χ1n) is 14.5. The van der Waals surface area contributed by atoms with E-state index >= 15 is 0 Å². The molecule has 4 unspecified atom stereocenters. The second-order valence-corrected chi connectivity index (χ2v) is 11.5. The highest BCUT2D eigenvalue weighted by Gasteiger charge is 2.49. The fraction of sp³-hybridized carbons (Fsp3) is 0.562. The number of unbranched alkanes of at least 4 members (excludes halogenated alkanes) is 1. The van der Waals surface area contributed by atoms with Crippen LogP contribution in [0.5, 0.6) is 11.5 Å². The topological polar surface area (TPSA) is 97.3 Å². The van der Waals surface area contributed by atoms with Gasteiger partial charge in [0.2, 0.25) is 5.91 Å². The van der Waals surface area contributed by atoms with Gasteiger partial charge in [0.15, 0.2) is 11.5 Å². The summed E-state index contributed by atoms with van der Waals surface area (Å²) in [6.45, 7) is 7.46. The number of carbonyl (C=O) groups excluding carboxylic acids is 2. The summed E-state index contributed by atoms with van der Waals surface area (Å²) in [7, 11) is 1.63. The van der Waals surface area contributed by atoms with Gasteiger partial charge in [-0.1, -0.05) is 63.1 Å². The molecule has 0 aromatic heterocycles. The summed E-state index contributed by atoms with van der Waals surface area (Å²) in [5.41, 5.74) is 1.29. The van der Waals surface area contributed by atoms with E-state index in [2.05, 4.69) is 12.2 Å². The number of benzene rings is 2. The Balaban J connectivity index is 1.49. The zero-order valence-corrected chi connectivity index (χ0v) is 24.2. The predicted molar refractivity (Wildman–Crippen MR) is 153 cm³/mol. The van der Waals surface area contributed by atoms with E-state index in [9.17, 15) is 14.7 Å². The van der Waals surface area contributed by atoms with E-state index in [-0.39, 0.29) is 18.4 Å². The number of amides is 2. The zero-order chi connectivity index (χ0) is 28.7. The lowest BCUT2D eigenvalue weighted by Crippen LogP contribution is -2.49. The summed E-state index contributed by atoms with van der Waals surface area (Å²) in [5, 5.41) is 13.7. The van der Waals surface area contributed by atoms with Crippen LogP contribution in [0.1, 0.15) is 69.9 Å². The Labute approximate surface area is 238 Å². The SMILES string of the molecule is CCCCC(NC(=O)OCc1ccccc1)C(=O)N1CC(c2ccc(OC)c(OCC3CC3)c2)C(C)(C(C)O)C1. The Kier molecular flexibility index (Phi) is 9.95. The van der Waals surface area contributed by atoms with Crippen LogP contribution in [0, 0.1) is 11.3 Å². The van der Waals surface area contributed by atoms with Crippen molar-refractivity contribution in [3.63, 3.8) is 0 Å². The van der Waals surface area contributed by atoms with Crippen molar-refractivity contribution in [2.75, 3.05) is 26.8 Å². The van der Waals surface area contributed by atoms with Crippen LogP contribution in [-0.4, -0.2) is 61.0 Å². The molecule has 1 aliphatic heterocycles. The van der Waals surface area contributed by atoms with Gasteiger partial charge in [0, 0.05) is 24.4 Å².